The molecule has 0 saturated carbocycles. The van der Waals surface area contributed by atoms with Gasteiger partial charge in [0, 0.05) is 25.0 Å². The topological polar surface area (TPSA) is 63.8 Å². The van der Waals surface area contributed by atoms with Crippen LogP contribution in [0.15, 0.2) is 36.7 Å². The van der Waals surface area contributed by atoms with E-state index in [1.807, 2.05) is 24.3 Å². The van der Waals surface area contributed by atoms with Crippen LogP contribution in [0.3, 0.4) is 0 Å². The number of nitrogen functional groups attached to an aromatic ring is 1. The molecule has 0 unspecified atom stereocenters. The fraction of sp³-hybridized carbons (Fsp3) is 0.0909. The lowest BCUT2D eigenvalue weighted by Crippen LogP contribution is -1.99. The number of rotatable bonds is 2. The van der Waals surface area contributed by atoms with Crippen molar-refractivity contribution in [2.24, 2.45) is 0 Å². The Kier molecular flexibility index (Phi) is 2.49. The highest BCUT2D eigenvalue weighted by Crippen LogP contribution is 2.21. The molecular formula is C11H12N4. The van der Waals surface area contributed by atoms with Crippen LogP contribution in [-0.2, 0) is 0 Å². The van der Waals surface area contributed by atoms with Crippen LogP contribution in [0.25, 0.3) is 11.3 Å². The van der Waals surface area contributed by atoms with E-state index in [-0.39, 0.29) is 0 Å². The lowest BCUT2D eigenvalue weighted by Gasteiger charge is -2.06. The Hall–Kier alpha value is -2.10. The molecule has 2 rings (SSSR count). The number of nitrogens with one attached hydrogen (secondary N) is 1. The SMILES string of the molecule is CNc1nc(-c2ccncc2)ccc1N. The summed E-state index contributed by atoms with van der Waals surface area (Å²) < 4.78 is 0. The molecule has 0 bridgehead atoms. The molecule has 2 heterocycles. The van der Waals surface area contributed by atoms with Gasteiger partial charge >= 0.3 is 0 Å². The first kappa shape index (κ1) is 9.45. The fourth-order valence-electron chi connectivity index (χ4n) is 1.35. The summed E-state index contributed by atoms with van der Waals surface area (Å²) >= 11 is 0. The third-order valence-corrected chi connectivity index (χ3v) is 2.14. The molecule has 0 amide bonds. The van der Waals surface area contributed by atoms with E-state index in [1.54, 1.807) is 19.4 Å². The highest BCUT2D eigenvalue weighted by Gasteiger charge is 2.02. The molecule has 3 N–H and O–H groups in total. The van der Waals surface area contributed by atoms with Gasteiger partial charge in [-0.3, -0.25) is 4.98 Å². The van der Waals surface area contributed by atoms with Crippen LogP contribution in [0.5, 0.6) is 0 Å². The van der Waals surface area contributed by atoms with E-state index in [0.717, 1.165) is 11.3 Å². The van der Waals surface area contributed by atoms with Gasteiger partial charge in [0.1, 0.15) is 5.82 Å². The van der Waals surface area contributed by atoms with E-state index in [2.05, 4.69) is 15.3 Å². The number of hydrogen-bond donors (Lipinski definition) is 2. The van der Waals surface area contributed by atoms with E-state index < -0.39 is 0 Å². The molecule has 0 atom stereocenters. The van der Waals surface area contributed by atoms with E-state index >= 15 is 0 Å². The molecule has 76 valence electrons. The molecule has 0 saturated heterocycles. The molecule has 0 aliphatic carbocycles. The zero-order chi connectivity index (χ0) is 10.7. The van der Waals surface area contributed by atoms with Gasteiger partial charge in [0.2, 0.25) is 0 Å². The third kappa shape index (κ3) is 1.88. The largest absolute Gasteiger partial charge is 0.396 e. The van der Waals surface area contributed by atoms with Crippen molar-refractivity contribution in [2.45, 2.75) is 0 Å². The number of aromatic nitrogens is 2. The molecule has 0 aliphatic heterocycles. The molecule has 4 nitrogen and oxygen atoms in total. The molecule has 2 aromatic heterocycles. The Morgan fingerprint density at radius 3 is 2.53 bits per heavy atom. The number of anilines is 2. The van der Waals surface area contributed by atoms with Crippen molar-refractivity contribution in [3.05, 3.63) is 36.7 Å². The zero-order valence-corrected chi connectivity index (χ0v) is 8.44. The molecule has 0 spiro atoms. The number of nitrogens with two attached hydrogens (primary N) is 1. The minimum atomic E-state index is 0.648. The van der Waals surface area contributed by atoms with Crippen LogP contribution < -0.4 is 11.1 Å². The zero-order valence-electron chi connectivity index (χ0n) is 8.44. The van der Waals surface area contributed by atoms with Crippen LogP contribution in [0, 0.1) is 0 Å². The average Bonchev–Trinajstić information content (AvgIpc) is 2.31. The summed E-state index contributed by atoms with van der Waals surface area (Å²) in [5.74, 6) is 0.698. The second-order valence-electron chi connectivity index (χ2n) is 3.12. The first-order chi connectivity index (χ1) is 7.31. The van der Waals surface area contributed by atoms with Crippen molar-refractivity contribution >= 4 is 11.5 Å². The van der Waals surface area contributed by atoms with Gasteiger partial charge in [-0.1, -0.05) is 0 Å². The fourth-order valence-corrected chi connectivity index (χ4v) is 1.35. The first-order valence-electron chi connectivity index (χ1n) is 4.66. The van der Waals surface area contributed by atoms with Crippen molar-refractivity contribution in [1.82, 2.24) is 9.97 Å². The number of nitrogens with zero attached hydrogens (tertiary/aromatic N) is 2. The minimum absolute atomic E-state index is 0.648. The number of pyridine rings is 2. The normalized spacial score (nSPS) is 9.93. The Bertz CT molecular complexity index is 453. The Labute approximate surface area is 88.2 Å². The van der Waals surface area contributed by atoms with E-state index in [9.17, 15) is 0 Å². The van der Waals surface area contributed by atoms with Gasteiger partial charge in [0.05, 0.1) is 11.4 Å². The highest BCUT2D eigenvalue weighted by molar-refractivity contribution is 5.68. The van der Waals surface area contributed by atoms with Gasteiger partial charge < -0.3 is 11.1 Å². The molecule has 15 heavy (non-hydrogen) atoms. The minimum Gasteiger partial charge on any atom is -0.396 e. The predicted octanol–water partition coefficient (Wildman–Crippen LogP) is 1.77. The van der Waals surface area contributed by atoms with E-state index in [1.165, 1.54) is 0 Å². The smallest absolute Gasteiger partial charge is 0.149 e. The summed E-state index contributed by atoms with van der Waals surface area (Å²) in [6.07, 6.45) is 3.48. The van der Waals surface area contributed by atoms with Crippen molar-refractivity contribution in [2.75, 3.05) is 18.1 Å². The highest BCUT2D eigenvalue weighted by atomic mass is 15.0. The first-order valence-corrected chi connectivity index (χ1v) is 4.66. The molecular weight excluding hydrogens is 188 g/mol. The van der Waals surface area contributed by atoms with Crippen molar-refractivity contribution in [3.63, 3.8) is 0 Å². The van der Waals surface area contributed by atoms with Gasteiger partial charge in [-0.25, -0.2) is 4.98 Å². The van der Waals surface area contributed by atoms with Crippen molar-refractivity contribution in [1.29, 1.82) is 0 Å². The monoisotopic (exact) mass is 200 g/mol. The van der Waals surface area contributed by atoms with Gasteiger partial charge in [0.15, 0.2) is 0 Å². The van der Waals surface area contributed by atoms with E-state index in [0.29, 0.717) is 11.5 Å². The van der Waals surface area contributed by atoms with Crippen LogP contribution in [0.1, 0.15) is 0 Å². The maximum Gasteiger partial charge on any atom is 0.149 e. The quantitative estimate of drug-likeness (QED) is 0.775. The molecule has 0 aliphatic rings. The molecule has 0 radical (unpaired) electrons. The van der Waals surface area contributed by atoms with Crippen molar-refractivity contribution < 1.29 is 0 Å². The lowest BCUT2D eigenvalue weighted by atomic mass is 10.2. The second kappa shape index (κ2) is 3.96. The average molecular weight is 200 g/mol. The second-order valence-corrected chi connectivity index (χ2v) is 3.12. The third-order valence-electron chi connectivity index (χ3n) is 2.14. The van der Waals surface area contributed by atoms with Gasteiger partial charge in [0.25, 0.3) is 0 Å². The summed E-state index contributed by atoms with van der Waals surface area (Å²) in [6, 6.07) is 7.57. The van der Waals surface area contributed by atoms with Gasteiger partial charge in [-0.05, 0) is 24.3 Å². The summed E-state index contributed by atoms with van der Waals surface area (Å²) in [4.78, 5) is 8.36. The molecule has 2 aromatic rings. The van der Waals surface area contributed by atoms with Gasteiger partial charge in [-0.2, -0.15) is 0 Å². The van der Waals surface area contributed by atoms with Crippen LogP contribution in [0.4, 0.5) is 11.5 Å². The van der Waals surface area contributed by atoms with Crippen molar-refractivity contribution in [3.8, 4) is 11.3 Å². The Balaban J connectivity index is 2.46. The molecule has 0 fully saturated rings. The van der Waals surface area contributed by atoms with Crippen LogP contribution >= 0.6 is 0 Å². The van der Waals surface area contributed by atoms with Gasteiger partial charge in [-0.15, -0.1) is 0 Å². The summed E-state index contributed by atoms with van der Waals surface area (Å²) in [5.41, 5.74) is 8.30. The maximum absolute atomic E-state index is 5.74. The summed E-state index contributed by atoms with van der Waals surface area (Å²) in [7, 11) is 1.80. The predicted molar refractivity (Wildman–Crippen MR) is 61.4 cm³/mol. The molecule has 4 heteroatoms. The maximum atomic E-state index is 5.74. The standard InChI is InChI=1S/C11H12N4/c1-13-11-9(12)2-3-10(15-11)8-4-6-14-7-5-8/h2-7H,12H2,1H3,(H,13,15). The number of hydrogen-bond acceptors (Lipinski definition) is 4. The Morgan fingerprint density at radius 2 is 1.87 bits per heavy atom. The van der Waals surface area contributed by atoms with Crippen LogP contribution in [0.2, 0.25) is 0 Å². The summed E-state index contributed by atoms with van der Waals surface area (Å²) in [6.45, 7) is 0. The van der Waals surface area contributed by atoms with E-state index in [4.69, 9.17) is 5.73 Å². The molecule has 0 aromatic carbocycles. The summed E-state index contributed by atoms with van der Waals surface area (Å²) in [5, 5.41) is 2.95. The van der Waals surface area contributed by atoms with Crippen LogP contribution in [-0.4, -0.2) is 17.0 Å². The Morgan fingerprint density at radius 1 is 1.13 bits per heavy atom. The lowest BCUT2D eigenvalue weighted by molar-refractivity contribution is 1.27.